The zero-order chi connectivity index (χ0) is 17.2. The molecule has 0 unspecified atom stereocenters. The fraction of sp³-hybridized carbons (Fsp3) is 0.214. The third-order valence-electron chi connectivity index (χ3n) is 2.72. The zero-order valence-corrected chi connectivity index (χ0v) is 13.1. The summed E-state index contributed by atoms with van der Waals surface area (Å²) in [5, 5.41) is 7.60. The summed E-state index contributed by atoms with van der Waals surface area (Å²) in [6.45, 7) is -0.270. The fourth-order valence-electron chi connectivity index (χ4n) is 1.68. The van der Waals surface area contributed by atoms with Crippen molar-refractivity contribution in [1.82, 2.24) is 10.2 Å². The molecule has 0 saturated heterocycles. The van der Waals surface area contributed by atoms with Gasteiger partial charge in [0.2, 0.25) is 5.88 Å². The molecule has 0 atom stereocenters. The summed E-state index contributed by atoms with van der Waals surface area (Å²) in [4.78, 5) is 11.4. The number of benzene rings is 1. The maximum Gasteiger partial charge on any atom is 0.422 e. The second-order valence-corrected chi connectivity index (χ2v) is 5.35. The van der Waals surface area contributed by atoms with Crippen molar-refractivity contribution in [3.8, 4) is 17.0 Å². The van der Waals surface area contributed by atoms with Gasteiger partial charge in [-0.15, -0.1) is 10.2 Å². The Bertz CT molecular complexity index is 751. The predicted molar refractivity (Wildman–Crippen MR) is 79.0 cm³/mol. The lowest BCUT2D eigenvalue weighted by molar-refractivity contribution is -0.154. The van der Waals surface area contributed by atoms with Crippen LogP contribution >= 0.6 is 23.2 Å². The Morgan fingerprint density at radius 1 is 1.17 bits per heavy atom. The normalized spacial score (nSPS) is 11.4. The summed E-state index contributed by atoms with van der Waals surface area (Å²) >= 11 is 11.7. The Morgan fingerprint density at radius 3 is 2.43 bits per heavy atom. The summed E-state index contributed by atoms with van der Waals surface area (Å²) in [6.07, 6.45) is -4.53. The Labute approximate surface area is 139 Å². The number of Topliss-reactive ketones (excluding diaryl/α,β-unsaturated/α-hetero) is 1. The van der Waals surface area contributed by atoms with Crippen LogP contribution in [0.3, 0.4) is 0 Å². The van der Waals surface area contributed by atoms with Crippen LogP contribution in [0.25, 0.3) is 11.1 Å². The lowest BCUT2D eigenvalue weighted by Crippen LogP contribution is -2.20. The van der Waals surface area contributed by atoms with Gasteiger partial charge in [-0.3, -0.25) is 4.79 Å². The molecule has 2 aromatic rings. The number of alkyl halides is 3. The molecule has 0 amide bonds. The van der Waals surface area contributed by atoms with Gasteiger partial charge in [-0.25, -0.2) is 0 Å². The number of hydrogen-bond donors (Lipinski definition) is 0. The van der Waals surface area contributed by atoms with Crippen LogP contribution in [0.4, 0.5) is 13.2 Å². The second-order valence-electron chi connectivity index (χ2n) is 4.54. The quantitative estimate of drug-likeness (QED) is 0.744. The summed E-state index contributed by atoms with van der Waals surface area (Å²) in [5.41, 5.74) is 0.549. The van der Waals surface area contributed by atoms with Crippen molar-refractivity contribution in [3.63, 3.8) is 0 Å². The van der Waals surface area contributed by atoms with E-state index < -0.39 is 12.8 Å². The molecular formula is C14H9Cl2F3N2O2. The highest BCUT2D eigenvalue weighted by atomic mass is 35.5. The van der Waals surface area contributed by atoms with Gasteiger partial charge in [0.1, 0.15) is 5.69 Å². The molecule has 0 fully saturated rings. The Balaban J connectivity index is 2.49. The van der Waals surface area contributed by atoms with Crippen molar-refractivity contribution < 1.29 is 22.7 Å². The first kappa shape index (κ1) is 17.5. The molecule has 23 heavy (non-hydrogen) atoms. The summed E-state index contributed by atoms with van der Waals surface area (Å²) in [5.74, 6) is -0.744. The molecule has 0 aliphatic carbocycles. The van der Waals surface area contributed by atoms with E-state index in [-0.39, 0.29) is 33.0 Å². The highest BCUT2D eigenvalue weighted by molar-refractivity contribution is 6.42. The standard InChI is InChI=1S/C14H9Cl2F3N2O2/c1-7(22)12-5-9(8-2-3-10(15)11(16)4-8)13(21-20-12)23-6-14(17,18)19/h2-5H,6H2,1H3. The van der Waals surface area contributed by atoms with E-state index >= 15 is 0 Å². The van der Waals surface area contributed by atoms with E-state index in [2.05, 4.69) is 14.9 Å². The Kier molecular flexibility index (Phi) is 5.11. The van der Waals surface area contributed by atoms with E-state index in [1.54, 1.807) is 0 Å². The highest BCUT2D eigenvalue weighted by Crippen LogP contribution is 2.33. The third-order valence-corrected chi connectivity index (χ3v) is 3.46. The number of aromatic nitrogens is 2. The van der Waals surface area contributed by atoms with Gasteiger partial charge in [-0.1, -0.05) is 29.3 Å². The number of halogens is 5. The average Bonchev–Trinajstić information content (AvgIpc) is 2.47. The number of hydrogen-bond acceptors (Lipinski definition) is 4. The van der Waals surface area contributed by atoms with Gasteiger partial charge in [0.05, 0.1) is 10.0 Å². The van der Waals surface area contributed by atoms with Crippen LogP contribution in [0, 0.1) is 0 Å². The second kappa shape index (κ2) is 6.72. The summed E-state index contributed by atoms with van der Waals surface area (Å²) in [7, 11) is 0. The third kappa shape index (κ3) is 4.56. The fourth-order valence-corrected chi connectivity index (χ4v) is 1.98. The molecule has 4 nitrogen and oxygen atoms in total. The van der Waals surface area contributed by atoms with Gasteiger partial charge in [0.15, 0.2) is 12.4 Å². The van der Waals surface area contributed by atoms with Crippen molar-refractivity contribution in [1.29, 1.82) is 0 Å². The number of carbonyl (C=O) groups excluding carboxylic acids is 1. The van der Waals surface area contributed by atoms with Gasteiger partial charge in [0.25, 0.3) is 0 Å². The van der Waals surface area contributed by atoms with Crippen molar-refractivity contribution >= 4 is 29.0 Å². The maximum atomic E-state index is 12.3. The number of ether oxygens (including phenoxy) is 1. The first-order valence-corrected chi connectivity index (χ1v) is 6.96. The topological polar surface area (TPSA) is 52.1 Å². The number of nitrogens with zero attached hydrogens (tertiary/aromatic N) is 2. The van der Waals surface area contributed by atoms with E-state index in [1.165, 1.54) is 31.2 Å². The van der Waals surface area contributed by atoms with Crippen LogP contribution in [0.2, 0.25) is 10.0 Å². The minimum absolute atomic E-state index is 0.00886. The van der Waals surface area contributed by atoms with E-state index in [9.17, 15) is 18.0 Å². The molecule has 0 radical (unpaired) electrons. The molecular weight excluding hydrogens is 356 g/mol. The van der Waals surface area contributed by atoms with E-state index in [0.717, 1.165) is 0 Å². The average molecular weight is 365 g/mol. The highest BCUT2D eigenvalue weighted by Gasteiger charge is 2.29. The van der Waals surface area contributed by atoms with Crippen molar-refractivity contribution in [2.75, 3.05) is 6.61 Å². The molecule has 0 N–H and O–H groups in total. The molecule has 0 bridgehead atoms. The largest absolute Gasteiger partial charge is 0.467 e. The van der Waals surface area contributed by atoms with E-state index in [4.69, 9.17) is 23.2 Å². The molecule has 0 aliphatic heterocycles. The Hall–Kier alpha value is -1.86. The minimum atomic E-state index is -4.53. The molecule has 0 saturated carbocycles. The summed E-state index contributed by atoms with van der Waals surface area (Å²) in [6, 6.07) is 5.72. The Morgan fingerprint density at radius 2 is 1.87 bits per heavy atom. The van der Waals surface area contributed by atoms with Crippen molar-refractivity contribution in [2.24, 2.45) is 0 Å². The van der Waals surface area contributed by atoms with E-state index in [1.807, 2.05) is 0 Å². The predicted octanol–water partition coefficient (Wildman–Crippen LogP) is 4.59. The van der Waals surface area contributed by atoms with Gasteiger partial charge in [-0.05, 0) is 23.8 Å². The molecule has 0 aliphatic rings. The smallest absolute Gasteiger partial charge is 0.422 e. The number of rotatable bonds is 4. The molecule has 9 heteroatoms. The molecule has 1 aromatic heterocycles. The van der Waals surface area contributed by atoms with Crippen LogP contribution in [0.15, 0.2) is 24.3 Å². The van der Waals surface area contributed by atoms with Crippen LogP contribution < -0.4 is 4.74 Å². The molecule has 1 aromatic carbocycles. The first-order valence-electron chi connectivity index (χ1n) is 6.21. The van der Waals surface area contributed by atoms with Crippen LogP contribution in [-0.4, -0.2) is 28.8 Å². The molecule has 0 spiro atoms. The molecule has 1 heterocycles. The number of carbonyl (C=O) groups is 1. The van der Waals surface area contributed by atoms with Gasteiger partial charge < -0.3 is 4.74 Å². The SMILES string of the molecule is CC(=O)c1cc(-c2ccc(Cl)c(Cl)c2)c(OCC(F)(F)F)nn1. The van der Waals surface area contributed by atoms with Crippen LogP contribution in [-0.2, 0) is 0 Å². The van der Waals surface area contributed by atoms with Crippen LogP contribution in [0.1, 0.15) is 17.4 Å². The first-order chi connectivity index (χ1) is 10.7. The summed E-state index contributed by atoms with van der Waals surface area (Å²) < 4.78 is 41.7. The van der Waals surface area contributed by atoms with Crippen molar-refractivity contribution in [3.05, 3.63) is 40.0 Å². The molecule has 2 rings (SSSR count). The number of ketones is 1. The monoisotopic (exact) mass is 364 g/mol. The van der Waals surface area contributed by atoms with Gasteiger partial charge in [0, 0.05) is 12.5 Å². The van der Waals surface area contributed by atoms with Gasteiger partial charge >= 0.3 is 6.18 Å². The van der Waals surface area contributed by atoms with E-state index in [0.29, 0.717) is 5.56 Å². The minimum Gasteiger partial charge on any atom is -0.467 e. The lowest BCUT2D eigenvalue weighted by atomic mass is 10.1. The molecule has 122 valence electrons. The zero-order valence-electron chi connectivity index (χ0n) is 11.6. The van der Waals surface area contributed by atoms with Gasteiger partial charge in [-0.2, -0.15) is 13.2 Å². The lowest BCUT2D eigenvalue weighted by Gasteiger charge is -2.12. The van der Waals surface area contributed by atoms with Crippen molar-refractivity contribution in [2.45, 2.75) is 13.1 Å². The maximum absolute atomic E-state index is 12.3. The van der Waals surface area contributed by atoms with Crippen LogP contribution in [0.5, 0.6) is 5.88 Å².